The minimum atomic E-state index is 0.273. The van der Waals surface area contributed by atoms with Gasteiger partial charge in [0.2, 0.25) is 0 Å². The fraction of sp³-hybridized carbons (Fsp3) is 0.438. The number of fused-ring (bicyclic) bond motifs is 1. The summed E-state index contributed by atoms with van der Waals surface area (Å²) in [6.45, 7) is 2.21. The predicted molar refractivity (Wildman–Crippen MR) is 75.1 cm³/mol. The van der Waals surface area contributed by atoms with E-state index in [-0.39, 0.29) is 5.78 Å². The Kier molecular flexibility index (Phi) is 4.57. The van der Waals surface area contributed by atoms with E-state index in [9.17, 15) is 4.79 Å². The van der Waals surface area contributed by atoms with Crippen molar-refractivity contribution in [1.82, 2.24) is 4.40 Å². The van der Waals surface area contributed by atoms with E-state index < -0.39 is 0 Å². The Morgan fingerprint density at radius 3 is 2.78 bits per heavy atom. The fourth-order valence-electron chi connectivity index (χ4n) is 2.24. The molecule has 0 N–H and O–H groups in total. The second kappa shape index (κ2) is 6.39. The Labute approximate surface area is 109 Å². The van der Waals surface area contributed by atoms with Crippen LogP contribution in [0.2, 0.25) is 0 Å². The highest BCUT2D eigenvalue weighted by Gasteiger charge is 2.08. The highest BCUT2D eigenvalue weighted by atomic mass is 16.1. The van der Waals surface area contributed by atoms with Crippen LogP contribution in [0, 0.1) is 0 Å². The molecule has 2 aromatic rings. The average Bonchev–Trinajstić information content (AvgIpc) is 2.82. The van der Waals surface area contributed by atoms with Crippen molar-refractivity contribution in [2.24, 2.45) is 0 Å². The summed E-state index contributed by atoms with van der Waals surface area (Å²) in [4.78, 5) is 12.0. The Hall–Kier alpha value is -1.57. The van der Waals surface area contributed by atoms with Gasteiger partial charge in [0.1, 0.15) is 0 Å². The van der Waals surface area contributed by atoms with Gasteiger partial charge >= 0.3 is 0 Å². The summed E-state index contributed by atoms with van der Waals surface area (Å²) in [5, 5.41) is 0. The molecule has 0 unspecified atom stereocenters. The van der Waals surface area contributed by atoms with Crippen LogP contribution in [-0.2, 0) is 0 Å². The van der Waals surface area contributed by atoms with Crippen LogP contribution in [0.25, 0.3) is 5.52 Å². The van der Waals surface area contributed by atoms with Crippen LogP contribution in [-0.4, -0.2) is 10.2 Å². The molecule has 2 rings (SSSR count). The van der Waals surface area contributed by atoms with Gasteiger partial charge in [-0.2, -0.15) is 0 Å². The van der Waals surface area contributed by atoms with Gasteiger partial charge in [-0.3, -0.25) is 4.79 Å². The van der Waals surface area contributed by atoms with Crippen LogP contribution in [0.4, 0.5) is 0 Å². The largest absolute Gasteiger partial charge is 0.323 e. The number of hydrogen-bond acceptors (Lipinski definition) is 1. The molecule has 2 aromatic heterocycles. The third-order valence-electron chi connectivity index (χ3n) is 3.33. The number of ketones is 1. The van der Waals surface area contributed by atoms with E-state index in [1.165, 1.54) is 25.7 Å². The van der Waals surface area contributed by atoms with Crippen molar-refractivity contribution in [3.63, 3.8) is 0 Å². The van der Waals surface area contributed by atoms with Crippen LogP contribution in [0.3, 0.4) is 0 Å². The maximum Gasteiger partial charge on any atom is 0.164 e. The molecule has 0 aromatic carbocycles. The minimum absolute atomic E-state index is 0.273. The second-order valence-electron chi connectivity index (χ2n) is 4.85. The first-order valence-electron chi connectivity index (χ1n) is 6.91. The molecule has 0 aliphatic heterocycles. The smallest absolute Gasteiger partial charge is 0.164 e. The molecule has 0 radical (unpaired) electrons. The molecule has 0 saturated carbocycles. The van der Waals surface area contributed by atoms with Gasteiger partial charge in [0, 0.05) is 29.9 Å². The third kappa shape index (κ3) is 3.22. The SMILES string of the molecule is CCCCCCCC(=O)c1cc2ccccn2c1. The summed E-state index contributed by atoms with van der Waals surface area (Å²) in [6.07, 6.45) is 10.6. The number of rotatable bonds is 7. The van der Waals surface area contributed by atoms with Gasteiger partial charge in [0.25, 0.3) is 0 Å². The molecule has 0 amide bonds. The van der Waals surface area contributed by atoms with Gasteiger partial charge < -0.3 is 4.40 Å². The number of carbonyl (C=O) groups excluding carboxylic acids is 1. The van der Waals surface area contributed by atoms with E-state index in [1.54, 1.807) is 0 Å². The van der Waals surface area contributed by atoms with Gasteiger partial charge in [-0.05, 0) is 24.6 Å². The number of carbonyl (C=O) groups is 1. The van der Waals surface area contributed by atoms with Crippen molar-refractivity contribution in [3.05, 3.63) is 42.2 Å². The van der Waals surface area contributed by atoms with E-state index >= 15 is 0 Å². The molecule has 0 spiro atoms. The molecule has 18 heavy (non-hydrogen) atoms. The van der Waals surface area contributed by atoms with Crippen LogP contribution in [0.5, 0.6) is 0 Å². The lowest BCUT2D eigenvalue weighted by Crippen LogP contribution is -1.96. The van der Waals surface area contributed by atoms with Gasteiger partial charge in [0.05, 0.1) is 0 Å². The molecule has 2 nitrogen and oxygen atoms in total. The molecule has 0 bridgehead atoms. The van der Waals surface area contributed by atoms with Crippen LogP contribution < -0.4 is 0 Å². The Morgan fingerprint density at radius 1 is 1.17 bits per heavy atom. The Morgan fingerprint density at radius 2 is 2.00 bits per heavy atom. The number of nitrogens with zero attached hydrogens (tertiary/aromatic N) is 1. The maximum atomic E-state index is 12.0. The maximum absolute atomic E-state index is 12.0. The second-order valence-corrected chi connectivity index (χ2v) is 4.85. The van der Waals surface area contributed by atoms with Crippen molar-refractivity contribution in [3.8, 4) is 0 Å². The van der Waals surface area contributed by atoms with Crippen LogP contribution in [0.15, 0.2) is 36.7 Å². The topological polar surface area (TPSA) is 21.5 Å². The van der Waals surface area contributed by atoms with Gasteiger partial charge in [-0.15, -0.1) is 0 Å². The molecule has 2 heteroatoms. The molecule has 96 valence electrons. The summed E-state index contributed by atoms with van der Waals surface area (Å²) in [5.74, 6) is 0.273. The van der Waals surface area contributed by atoms with Crippen LogP contribution >= 0.6 is 0 Å². The molecule has 2 heterocycles. The Bertz CT molecular complexity index is 480. The van der Waals surface area contributed by atoms with Gasteiger partial charge in [0.15, 0.2) is 5.78 Å². The normalized spacial score (nSPS) is 10.9. The number of hydrogen-bond donors (Lipinski definition) is 0. The lowest BCUT2D eigenvalue weighted by atomic mass is 10.1. The summed E-state index contributed by atoms with van der Waals surface area (Å²) in [5.41, 5.74) is 1.93. The summed E-state index contributed by atoms with van der Waals surface area (Å²) < 4.78 is 2.00. The zero-order chi connectivity index (χ0) is 12.8. The molecule has 0 aliphatic carbocycles. The monoisotopic (exact) mass is 243 g/mol. The average molecular weight is 243 g/mol. The van der Waals surface area contributed by atoms with Crippen LogP contribution in [0.1, 0.15) is 55.8 Å². The van der Waals surface area contributed by atoms with Crippen molar-refractivity contribution in [2.75, 3.05) is 0 Å². The van der Waals surface area contributed by atoms with Crippen molar-refractivity contribution >= 4 is 11.3 Å². The number of pyridine rings is 1. The van der Waals surface area contributed by atoms with E-state index in [0.29, 0.717) is 6.42 Å². The zero-order valence-electron chi connectivity index (χ0n) is 11.1. The highest BCUT2D eigenvalue weighted by molar-refractivity contribution is 5.97. The first-order valence-corrected chi connectivity index (χ1v) is 6.91. The quantitative estimate of drug-likeness (QED) is 0.519. The van der Waals surface area contributed by atoms with E-state index in [1.807, 2.05) is 41.1 Å². The molecule has 0 saturated heterocycles. The van der Waals surface area contributed by atoms with Crippen molar-refractivity contribution in [2.45, 2.75) is 45.4 Å². The Balaban J connectivity index is 1.88. The lowest BCUT2D eigenvalue weighted by Gasteiger charge is -1.98. The highest BCUT2D eigenvalue weighted by Crippen LogP contribution is 2.14. The molecule has 0 atom stereocenters. The van der Waals surface area contributed by atoms with Crippen molar-refractivity contribution in [1.29, 1.82) is 0 Å². The molecular weight excluding hydrogens is 222 g/mol. The first kappa shape index (κ1) is 12.9. The third-order valence-corrected chi connectivity index (χ3v) is 3.33. The first-order chi connectivity index (χ1) is 8.81. The van der Waals surface area contributed by atoms with Crippen molar-refractivity contribution < 1.29 is 4.79 Å². The summed E-state index contributed by atoms with van der Waals surface area (Å²) in [6, 6.07) is 7.98. The minimum Gasteiger partial charge on any atom is -0.323 e. The van der Waals surface area contributed by atoms with E-state index in [4.69, 9.17) is 0 Å². The van der Waals surface area contributed by atoms with Gasteiger partial charge in [-0.25, -0.2) is 0 Å². The molecule has 0 aliphatic rings. The molecule has 0 fully saturated rings. The number of aromatic nitrogens is 1. The summed E-state index contributed by atoms with van der Waals surface area (Å²) in [7, 11) is 0. The number of unbranched alkanes of at least 4 members (excludes halogenated alkanes) is 4. The van der Waals surface area contributed by atoms with Gasteiger partial charge in [-0.1, -0.05) is 38.7 Å². The predicted octanol–water partition coefficient (Wildman–Crippen LogP) is 4.48. The van der Waals surface area contributed by atoms with E-state index in [0.717, 1.165) is 17.5 Å². The lowest BCUT2D eigenvalue weighted by molar-refractivity contribution is 0.0979. The van der Waals surface area contributed by atoms with E-state index in [2.05, 4.69) is 6.92 Å². The standard InChI is InChI=1S/C16H21NO/c1-2-3-4-5-6-10-16(18)14-12-15-9-7-8-11-17(15)13-14/h7-9,11-13H,2-6,10H2,1H3. The summed E-state index contributed by atoms with van der Waals surface area (Å²) >= 11 is 0. The zero-order valence-corrected chi connectivity index (χ0v) is 11.1. The fourth-order valence-corrected chi connectivity index (χ4v) is 2.24. The number of Topliss-reactive ketones (excluding diaryl/α,β-unsaturated/α-hetero) is 1. The molecular formula is C16H21NO.